The molecule has 3 saturated carbocycles. The van der Waals surface area contributed by atoms with Crippen molar-refractivity contribution in [3.05, 3.63) is 18.0 Å². The molecule has 0 aliphatic heterocycles. The summed E-state index contributed by atoms with van der Waals surface area (Å²) < 4.78 is 0. The fourth-order valence-corrected chi connectivity index (χ4v) is 4.54. The fourth-order valence-electron chi connectivity index (χ4n) is 4.54. The van der Waals surface area contributed by atoms with Crippen LogP contribution in [-0.4, -0.2) is 22.1 Å². The number of nitrogens with one attached hydrogen (secondary N) is 1. The van der Waals surface area contributed by atoms with Gasteiger partial charge in [0, 0.05) is 29.9 Å². The first-order valence-corrected chi connectivity index (χ1v) is 8.13. The van der Waals surface area contributed by atoms with Crippen molar-refractivity contribution in [2.75, 3.05) is 5.32 Å². The third-order valence-electron chi connectivity index (χ3n) is 5.62. The minimum absolute atomic E-state index is 0.358. The average molecular weight is 272 g/mol. The number of anilines is 1. The van der Waals surface area contributed by atoms with E-state index in [1.165, 1.54) is 37.8 Å². The van der Waals surface area contributed by atoms with E-state index in [0.29, 0.717) is 18.0 Å². The molecule has 3 aliphatic carbocycles. The summed E-state index contributed by atoms with van der Waals surface area (Å²) in [4.78, 5) is 9.18. The number of nitrogens with zero attached hydrogens (tertiary/aromatic N) is 2. The van der Waals surface area contributed by atoms with Crippen molar-refractivity contribution in [3.8, 4) is 0 Å². The molecule has 3 N–H and O–H groups in total. The van der Waals surface area contributed by atoms with Gasteiger partial charge in [0.15, 0.2) is 0 Å². The Morgan fingerprint density at radius 3 is 2.75 bits per heavy atom. The van der Waals surface area contributed by atoms with Gasteiger partial charge in [-0.1, -0.05) is 6.42 Å². The van der Waals surface area contributed by atoms with Gasteiger partial charge in [0.1, 0.15) is 0 Å². The summed E-state index contributed by atoms with van der Waals surface area (Å²) >= 11 is 0. The summed E-state index contributed by atoms with van der Waals surface area (Å²) in [5.74, 6) is 3.18. The van der Waals surface area contributed by atoms with Gasteiger partial charge in [-0.15, -0.1) is 0 Å². The van der Waals surface area contributed by atoms with Crippen molar-refractivity contribution < 1.29 is 0 Å². The zero-order valence-corrected chi connectivity index (χ0v) is 12.0. The maximum absolute atomic E-state index is 6.01. The standard InChI is InChI=1S/C16H24N4/c17-13-4-3-12(9-13)14-5-6-18-16(19-14)20-15-8-10-1-2-11(15)7-10/h5-6,10-13,15H,1-4,7-9,17H2,(H,18,19,20)/t10?,11?,12?,13-,15?/m0/s1. The first kappa shape index (κ1) is 12.6. The Morgan fingerprint density at radius 1 is 1.10 bits per heavy atom. The smallest absolute Gasteiger partial charge is 0.223 e. The van der Waals surface area contributed by atoms with E-state index in [9.17, 15) is 0 Å². The van der Waals surface area contributed by atoms with Crippen LogP contribution in [0.2, 0.25) is 0 Å². The van der Waals surface area contributed by atoms with Gasteiger partial charge in [0.2, 0.25) is 5.95 Å². The highest BCUT2D eigenvalue weighted by Gasteiger charge is 2.39. The molecule has 4 heteroatoms. The van der Waals surface area contributed by atoms with Crippen LogP contribution in [0.5, 0.6) is 0 Å². The third kappa shape index (κ3) is 2.30. The summed E-state index contributed by atoms with van der Waals surface area (Å²) in [7, 11) is 0. The van der Waals surface area contributed by atoms with Gasteiger partial charge in [0.05, 0.1) is 0 Å². The Hall–Kier alpha value is -1.16. The second-order valence-corrected chi connectivity index (χ2v) is 7.00. The number of fused-ring (bicyclic) bond motifs is 2. The monoisotopic (exact) mass is 272 g/mol. The predicted molar refractivity (Wildman–Crippen MR) is 79.5 cm³/mol. The first-order chi connectivity index (χ1) is 9.78. The molecule has 0 aromatic carbocycles. The van der Waals surface area contributed by atoms with Crippen LogP contribution in [-0.2, 0) is 0 Å². The van der Waals surface area contributed by atoms with Crippen molar-refractivity contribution >= 4 is 5.95 Å². The van der Waals surface area contributed by atoms with Gasteiger partial charge in [-0.05, 0) is 56.4 Å². The Bertz CT molecular complexity index is 489. The highest BCUT2D eigenvalue weighted by atomic mass is 15.1. The number of nitrogens with two attached hydrogens (primary N) is 1. The summed E-state index contributed by atoms with van der Waals surface area (Å²) in [6, 6.07) is 3.03. The maximum atomic E-state index is 6.01. The molecule has 2 bridgehead atoms. The minimum Gasteiger partial charge on any atom is -0.351 e. The largest absolute Gasteiger partial charge is 0.351 e. The molecule has 4 unspecified atom stereocenters. The topological polar surface area (TPSA) is 63.8 Å². The highest BCUT2D eigenvalue weighted by molar-refractivity contribution is 5.29. The normalized spacial score (nSPS) is 39.4. The van der Waals surface area contributed by atoms with Crippen molar-refractivity contribution in [1.29, 1.82) is 0 Å². The molecule has 1 heterocycles. The van der Waals surface area contributed by atoms with Crippen molar-refractivity contribution in [2.45, 2.75) is 62.9 Å². The van der Waals surface area contributed by atoms with E-state index in [0.717, 1.165) is 30.6 Å². The molecule has 5 atom stereocenters. The van der Waals surface area contributed by atoms with E-state index in [1.54, 1.807) is 0 Å². The lowest BCUT2D eigenvalue weighted by Gasteiger charge is -2.23. The Balaban J connectivity index is 1.46. The van der Waals surface area contributed by atoms with Gasteiger partial charge < -0.3 is 11.1 Å². The van der Waals surface area contributed by atoms with Crippen LogP contribution in [0.1, 0.15) is 56.6 Å². The van der Waals surface area contributed by atoms with E-state index in [4.69, 9.17) is 10.7 Å². The lowest BCUT2D eigenvalue weighted by Crippen LogP contribution is -2.27. The van der Waals surface area contributed by atoms with Crippen LogP contribution in [0, 0.1) is 11.8 Å². The van der Waals surface area contributed by atoms with Gasteiger partial charge >= 0.3 is 0 Å². The molecule has 0 amide bonds. The molecule has 0 saturated heterocycles. The second kappa shape index (κ2) is 4.99. The molecular weight excluding hydrogens is 248 g/mol. The van der Waals surface area contributed by atoms with Crippen LogP contribution in [0.25, 0.3) is 0 Å². The van der Waals surface area contributed by atoms with Crippen LogP contribution < -0.4 is 11.1 Å². The molecular formula is C16H24N4. The molecule has 0 radical (unpaired) electrons. The SMILES string of the molecule is N[C@H]1CCC(c2ccnc(NC3CC4CCC3C4)n2)C1. The molecule has 3 aliphatic rings. The van der Waals surface area contributed by atoms with Crippen molar-refractivity contribution in [1.82, 2.24) is 9.97 Å². The summed E-state index contributed by atoms with van der Waals surface area (Å²) in [6.45, 7) is 0. The maximum Gasteiger partial charge on any atom is 0.223 e. The lowest BCUT2D eigenvalue weighted by molar-refractivity contribution is 0.437. The third-order valence-corrected chi connectivity index (χ3v) is 5.62. The van der Waals surface area contributed by atoms with Gasteiger partial charge in [0.25, 0.3) is 0 Å². The summed E-state index contributed by atoms with van der Waals surface area (Å²) in [5.41, 5.74) is 7.19. The zero-order chi connectivity index (χ0) is 13.5. The Kier molecular flexibility index (Phi) is 3.14. The molecule has 1 aromatic heterocycles. The van der Waals surface area contributed by atoms with Gasteiger partial charge in [-0.2, -0.15) is 0 Å². The first-order valence-electron chi connectivity index (χ1n) is 8.13. The van der Waals surface area contributed by atoms with E-state index in [2.05, 4.69) is 16.4 Å². The predicted octanol–water partition coefficient (Wildman–Crippen LogP) is 2.67. The van der Waals surface area contributed by atoms with Crippen LogP contribution in [0.15, 0.2) is 12.3 Å². The van der Waals surface area contributed by atoms with Gasteiger partial charge in [-0.3, -0.25) is 0 Å². The van der Waals surface area contributed by atoms with E-state index >= 15 is 0 Å². The lowest BCUT2D eigenvalue weighted by atomic mass is 9.95. The highest BCUT2D eigenvalue weighted by Crippen LogP contribution is 2.45. The molecule has 108 valence electrons. The van der Waals surface area contributed by atoms with Crippen LogP contribution in [0.3, 0.4) is 0 Å². The Labute approximate surface area is 120 Å². The molecule has 20 heavy (non-hydrogen) atoms. The molecule has 0 spiro atoms. The quantitative estimate of drug-likeness (QED) is 0.888. The average Bonchev–Trinajstić information content (AvgIpc) is 3.15. The van der Waals surface area contributed by atoms with E-state index in [1.807, 2.05) is 6.20 Å². The summed E-state index contributed by atoms with van der Waals surface area (Å²) in [5, 5.41) is 3.59. The molecule has 3 fully saturated rings. The van der Waals surface area contributed by atoms with Crippen molar-refractivity contribution in [3.63, 3.8) is 0 Å². The number of hydrogen-bond acceptors (Lipinski definition) is 4. The van der Waals surface area contributed by atoms with Crippen molar-refractivity contribution in [2.24, 2.45) is 17.6 Å². The molecule has 4 nitrogen and oxygen atoms in total. The summed E-state index contributed by atoms with van der Waals surface area (Å²) in [6.07, 6.45) is 10.8. The fraction of sp³-hybridized carbons (Fsp3) is 0.750. The number of rotatable bonds is 3. The number of aromatic nitrogens is 2. The molecule has 4 rings (SSSR count). The van der Waals surface area contributed by atoms with E-state index in [-0.39, 0.29) is 0 Å². The zero-order valence-electron chi connectivity index (χ0n) is 12.0. The Morgan fingerprint density at radius 2 is 2.05 bits per heavy atom. The molecule has 1 aromatic rings. The second-order valence-electron chi connectivity index (χ2n) is 7.00. The minimum atomic E-state index is 0.358. The van der Waals surface area contributed by atoms with Crippen LogP contribution in [0.4, 0.5) is 5.95 Å². The number of hydrogen-bond donors (Lipinski definition) is 2. The van der Waals surface area contributed by atoms with Gasteiger partial charge in [-0.25, -0.2) is 9.97 Å². The van der Waals surface area contributed by atoms with Crippen LogP contribution >= 0.6 is 0 Å². The van der Waals surface area contributed by atoms with E-state index < -0.39 is 0 Å².